The number of fused-ring (bicyclic) bond motifs is 1. The molecular formula is C41H48N10O5. The van der Waals surface area contributed by atoms with Gasteiger partial charge in [-0.3, -0.25) is 19.4 Å². The molecule has 2 saturated heterocycles. The number of rotatable bonds is 11. The minimum Gasteiger partial charge on any atom is -0.453 e. The second-order valence-electron chi connectivity index (χ2n) is 14.8. The molecule has 0 bridgehead atoms. The van der Waals surface area contributed by atoms with E-state index < -0.39 is 18.2 Å². The lowest BCUT2D eigenvalue weighted by Crippen LogP contribution is -2.51. The summed E-state index contributed by atoms with van der Waals surface area (Å²) in [5.74, 6) is 0.870. The van der Waals surface area contributed by atoms with E-state index in [1.807, 2.05) is 68.1 Å². The molecule has 5 aromatic rings. The van der Waals surface area contributed by atoms with Crippen molar-refractivity contribution < 1.29 is 23.9 Å². The molecule has 2 aliphatic heterocycles. The highest BCUT2D eigenvalue weighted by Gasteiger charge is 2.38. The Morgan fingerprint density at radius 1 is 0.786 bits per heavy atom. The Bertz CT molecular complexity index is 2230. The molecule has 0 saturated carbocycles. The van der Waals surface area contributed by atoms with E-state index in [1.165, 1.54) is 14.0 Å². The van der Waals surface area contributed by atoms with Crippen molar-refractivity contribution in [1.29, 1.82) is 0 Å². The standard InChI is InChI=1S/C41H48N10O5/c1-6-28(45-24(4)52)39(53)50-17-7-9-34(50)37-44-22-33(48-37)27-15-16-29-30(19-27)42-20-31(46-29)25-11-13-26(14-12-25)32-21-43-38(47-32)35-10-8-18-51(35)40(54)36(23(2)3)49-41(55)56-5/h11-16,19-23,28,34-36H,6-10,17-18H2,1-5H3,(H,43,47)(H,44,48)(H,45,52)(H,49,55)/t28-,34+,35+,36+/m1/s1. The van der Waals surface area contributed by atoms with Gasteiger partial charge in [0.05, 0.1) is 65.9 Å². The van der Waals surface area contributed by atoms with Crippen LogP contribution in [-0.2, 0) is 19.1 Å². The van der Waals surface area contributed by atoms with Crippen molar-refractivity contribution in [2.45, 2.75) is 84.0 Å². The summed E-state index contributed by atoms with van der Waals surface area (Å²) in [6, 6.07) is 12.3. The Labute approximate surface area is 325 Å². The molecule has 56 heavy (non-hydrogen) atoms. The first-order valence-electron chi connectivity index (χ1n) is 19.2. The minimum atomic E-state index is -0.694. The summed E-state index contributed by atoms with van der Waals surface area (Å²) in [7, 11) is 1.29. The van der Waals surface area contributed by atoms with Crippen LogP contribution in [-0.4, -0.2) is 95.8 Å². The van der Waals surface area contributed by atoms with Gasteiger partial charge in [0.25, 0.3) is 0 Å². The normalized spacial score (nSPS) is 18.0. The zero-order valence-corrected chi connectivity index (χ0v) is 32.3. The quantitative estimate of drug-likeness (QED) is 0.131. The van der Waals surface area contributed by atoms with E-state index in [1.54, 1.807) is 23.5 Å². The third-order valence-electron chi connectivity index (χ3n) is 10.7. The van der Waals surface area contributed by atoms with Crippen molar-refractivity contribution in [3.05, 3.63) is 72.7 Å². The van der Waals surface area contributed by atoms with Crippen LogP contribution in [0.25, 0.3) is 44.8 Å². The number of nitrogens with one attached hydrogen (secondary N) is 4. The summed E-state index contributed by atoms with van der Waals surface area (Å²) in [5.41, 5.74) is 6.64. The predicted molar refractivity (Wildman–Crippen MR) is 210 cm³/mol. The van der Waals surface area contributed by atoms with Crippen molar-refractivity contribution >= 4 is 34.8 Å². The molecule has 3 aromatic heterocycles. The van der Waals surface area contributed by atoms with Crippen LogP contribution >= 0.6 is 0 Å². The number of hydrogen-bond acceptors (Lipinski definition) is 9. The number of amides is 4. The fourth-order valence-corrected chi connectivity index (χ4v) is 7.73. The van der Waals surface area contributed by atoms with Gasteiger partial charge < -0.3 is 35.1 Å². The highest BCUT2D eigenvalue weighted by Crippen LogP contribution is 2.35. The first kappa shape index (κ1) is 38.2. The summed E-state index contributed by atoms with van der Waals surface area (Å²) >= 11 is 0. The molecule has 5 heterocycles. The molecule has 15 heteroatoms. The Morgan fingerprint density at radius 3 is 1.96 bits per heavy atom. The van der Waals surface area contributed by atoms with Crippen LogP contribution in [0.3, 0.4) is 0 Å². The lowest BCUT2D eigenvalue weighted by Gasteiger charge is -2.30. The highest BCUT2D eigenvalue weighted by molar-refractivity contribution is 5.88. The number of carbonyl (C=O) groups is 4. The fraction of sp³-hybridized carbons (Fsp3) is 0.415. The van der Waals surface area contributed by atoms with Gasteiger partial charge in [-0.05, 0) is 55.7 Å². The monoisotopic (exact) mass is 760 g/mol. The Kier molecular flexibility index (Phi) is 11.1. The maximum absolute atomic E-state index is 13.5. The lowest BCUT2D eigenvalue weighted by molar-refractivity contribution is -0.137. The van der Waals surface area contributed by atoms with Gasteiger partial charge in [-0.2, -0.15) is 0 Å². The van der Waals surface area contributed by atoms with Crippen molar-refractivity contribution in [3.63, 3.8) is 0 Å². The molecule has 2 aliphatic rings. The number of aromatic nitrogens is 6. The Balaban J connectivity index is 1.03. The summed E-state index contributed by atoms with van der Waals surface area (Å²) in [6.45, 7) is 8.32. The van der Waals surface area contributed by atoms with Gasteiger partial charge in [-0.15, -0.1) is 0 Å². The second-order valence-corrected chi connectivity index (χ2v) is 14.8. The minimum absolute atomic E-state index is 0.0844. The fourth-order valence-electron chi connectivity index (χ4n) is 7.73. The number of H-pyrrole nitrogens is 2. The molecule has 2 fully saturated rings. The number of hydrogen-bond donors (Lipinski definition) is 4. The van der Waals surface area contributed by atoms with Crippen LogP contribution in [0.5, 0.6) is 0 Å². The van der Waals surface area contributed by atoms with E-state index in [9.17, 15) is 19.2 Å². The van der Waals surface area contributed by atoms with Crippen LogP contribution in [0.4, 0.5) is 4.79 Å². The van der Waals surface area contributed by atoms with E-state index >= 15 is 0 Å². The zero-order valence-electron chi connectivity index (χ0n) is 32.3. The molecule has 292 valence electrons. The third-order valence-corrected chi connectivity index (χ3v) is 10.7. The van der Waals surface area contributed by atoms with Gasteiger partial charge in [0.1, 0.15) is 23.7 Å². The third kappa shape index (κ3) is 7.84. The Morgan fingerprint density at radius 2 is 1.38 bits per heavy atom. The number of carbonyl (C=O) groups excluding carboxylic acids is 4. The molecule has 4 atom stereocenters. The first-order valence-corrected chi connectivity index (χ1v) is 19.2. The van der Waals surface area contributed by atoms with Crippen LogP contribution in [0.1, 0.15) is 83.5 Å². The topological polar surface area (TPSA) is 191 Å². The molecule has 4 amide bonds. The predicted octanol–water partition coefficient (Wildman–Crippen LogP) is 5.70. The number of likely N-dealkylation sites (tertiary alicyclic amines) is 2. The summed E-state index contributed by atoms with van der Waals surface area (Å²) < 4.78 is 4.75. The van der Waals surface area contributed by atoms with E-state index in [4.69, 9.17) is 14.7 Å². The summed E-state index contributed by atoms with van der Waals surface area (Å²) in [5, 5.41) is 5.47. The van der Waals surface area contributed by atoms with Crippen molar-refractivity contribution in [2.24, 2.45) is 5.92 Å². The molecule has 0 unspecified atom stereocenters. The number of methoxy groups -OCH3 is 1. The highest BCUT2D eigenvalue weighted by atomic mass is 16.5. The van der Waals surface area contributed by atoms with Crippen LogP contribution in [0.15, 0.2) is 61.1 Å². The average molecular weight is 761 g/mol. The van der Waals surface area contributed by atoms with E-state index in [0.717, 1.165) is 76.3 Å². The van der Waals surface area contributed by atoms with Crippen LogP contribution in [0.2, 0.25) is 0 Å². The van der Waals surface area contributed by atoms with Crippen LogP contribution < -0.4 is 10.6 Å². The molecule has 7 rings (SSSR count). The van der Waals surface area contributed by atoms with Gasteiger partial charge in [-0.1, -0.05) is 51.1 Å². The van der Waals surface area contributed by atoms with Gasteiger partial charge in [0, 0.05) is 31.1 Å². The lowest BCUT2D eigenvalue weighted by atomic mass is 10.0. The molecule has 2 aromatic carbocycles. The number of benzene rings is 2. The molecule has 0 aliphatic carbocycles. The summed E-state index contributed by atoms with van der Waals surface area (Å²) in [6.07, 6.45) is 8.50. The van der Waals surface area contributed by atoms with Gasteiger partial charge in [0.2, 0.25) is 17.7 Å². The van der Waals surface area contributed by atoms with Gasteiger partial charge in [-0.25, -0.2) is 19.7 Å². The first-order chi connectivity index (χ1) is 27.0. The van der Waals surface area contributed by atoms with Gasteiger partial charge in [0.15, 0.2) is 0 Å². The van der Waals surface area contributed by atoms with E-state index in [-0.39, 0.29) is 35.7 Å². The summed E-state index contributed by atoms with van der Waals surface area (Å²) in [4.78, 5) is 79.9. The molecule has 4 N–H and O–H groups in total. The number of aromatic amines is 2. The maximum atomic E-state index is 13.5. The van der Waals surface area contributed by atoms with E-state index in [0.29, 0.717) is 25.3 Å². The van der Waals surface area contributed by atoms with Crippen LogP contribution in [0, 0.1) is 5.92 Å². The maximum Gasteiger partial charge on any atom is 0.407 e. The SMILES string of the molecule is CC[C@@H](NC(C)=O)C(=O)N1CCC[C@H]1c1ncc(-c2ccc3nc(-c4ccc(-c5cnc([C@@H]6CCCN6C(=O)[C@@H](NC(=O)OC)C(C)C)[nH]5)cc4)cnc3c2)[nH]1. The van der Waals surface area contributed by atoms with Crippen molar-refractivity contribution in [2.75, 3.05) is 20.2 Å². The Hall–Kier alpha value is -6.12. The largest absolute Gasteiger partial charge is 0.453 e. The molecule has 0 radical (unpaired) electrons. The molecule has 15 nitrogen and oxygen atoms in total. The average Bonchev–Trinajstić information content (AvgIpc) is 4.05. The van der Waals surface area contributed by atoms with Crippen molar-refractivity contribution in [3.8, 4) is 33.8 Å². The molecular weight excluding hydrogens is 713 g/mol. The molecule has 0 spiro atoms. The van der Waals surface area contributed by atoms with Gasteiger partial charge >= 0.3 is 6.09 Å². The van der Waals surface area contributed by atoms with Crippen molar-refractivity contribution in [1.82, 2.24) is 50.3 Å². The second kappa shape index (κ2) is 16.3. The number of alkyl carbamates (subject to hydrolysis) is 1. The zero-order chi connectivity index (χ0) is 39.5. The van der Waals surface area contributed by atoms with E-state index in [2.05, 4.69) is 30.6 Å². The smallest absolute Gasteiger partial charge is 0.407 e. The number of ether oxygens (including phenoxy) is 1. The number of imidazole rings is 2. The number of nitrogens with zero attached hydrogens (tertiary/aromatic N) is 6.